The summed E-state index contributed by atoms with van der Waals surface area (Å²) in [6, 6.07) is 4.40. The highest BCUT2D eigenvalue weighted by molar-refractivity contribution is 5.94. The molecule has 1 aliphatic heterocycles. The lowest BCUT2D eigenvalue weighted by Crippen LogP contribution is -2.25. The number of hydrogen-bond donors (Lipinski definition) is 2. The van der Waals surface area contributed by atoms with Crippen molar-refractivity contribution in [1.29, 1.82) is 0 Å². The molecule has 0 aromatic heterocycles. The Hall–Kier alpha value is -2.15. The van der Waals surface area contributed by atoms with Gasteiger partial charge in [-0.05, 0) is 38.1 Å². The van der Waals surface area contributed by atoms with Crippen LogP contribution >= 0.6 is 0 Å². The van der Waals surface area contributed by atoms with Crippen LogP contribution in [0.15, 0.2) is 18.2 Å². The van der Waals surface area contributed by atoms with Crippen molar-refractivity contribution in [3.63, 3.8) is 0 Å². The Kier molecular flexibility index (Phi) is 4.19. The standard InChI is InChI=1S/C13H18N4O3/c1-15-7-9-4-5-16(8-9)11-3-2-10(13(14)18)6-12(11)17(19)20/h2-3,6,9,15H,4-5,7-8H2,1H3,(H2,14,18). The van der Waals surface area contributed by atoms with Crippen molar-refractivity contribution in [2.24, 2.45) is 11.7 Å². The van der Waals surface area contributed by atoms with Gasteiger partial charge in [0.1, 0.15) is 5.69 Å². The molecule has 0 saturated carbocycles. The van der Waals surface area contributed by atoms with E-state index in [2.05, 4.69) is 5.32 Å². The third-order valence-electron chi connectivity index (χ3n) is 3.58. The van der Waals surface area contributed by atoms with Crippen LogP contribution in [0.4, 0.5) is 11.4 Å². The topological polar surface area (TPSA) is 102 Å². The number of nitro groups is 1. The van der Waals surface area contributed by atoms with Crippen LogP contribution in [-0.4, -0.2) is 37.5 Å². The first-order chi connectivity index (χ1) is 9.52. The molecule has 1 aliphatic rings. The lowest BCUT2D eigenvalue weighted by molar-refractivity contribution is -0.384. The average Bonchev–Trinajstić information content (AvgIpc) is 2.86. The van der Waals surface area contributed by atoms with Gasteiger partial charge in [0.15, 0.2) is 0 Å². The fourth-order valence-electron chi connectivity index (χ4n) is 2.60. The molecule has 20 heavy (non-hydrogen) atoms. The van der Waals surface area contributed by atoms with Crippen molar-refractivity contribution >= 4 is 17.3 Å². The van der Waals surface area contributed by atoms with Crippen LogP contribution in [-0.2, 0) is 0 Å². The molecule has 3 N–H and O–H groups in total. The molecule has 0 radical (unpaired) electrons. The zero-order chi connectivity index (χ0) is 14.7. The minimum atomic E-state index is -0.658. The van der Waals surface area contributed by atoms with E-state index in [0.29, 0.717) is 11.6 Å². The van der Waals surface area contributed by atoms with Gasteiger partial charge < -0.3 is 16.0 Å². The highest BCUT2D eigenvalue weighted by Gasteiger charge is 2.27. The van der Waals surface area contributed by atoms with Crippen molar-refractivity contribution in [2.45, 2.75) is 6.42 Å². The lowest BCUT2D eigenvalue weighted by atomic mass is 10.1. The Labute approximate surface area is 116 Å². The number of carbonyl (C=O) groups excluding carboxylic acids is 1. The number of amides is 1. The summed E-state index contributed by atoms with van der Waals surface area (Å²) in [4.78, 5) is 23.8. The molecule has 108 valence electrons. The maximum absolute atomic E-state index is 11.2. The predicted molar refractivity (Wildman–Crippen MR) is 75.9 cm³/mol. The molecule has 7 heteroatoms. The third-order valence-corrected chi connectivity index (χ3v) is 3.58. The van der Waals surface area contributed by atoms with E-state index in [9.17, 15) is 14.9 Å². The van der Waals surface area contributed by atoms with Gasteiger partial charge in [-0.3, -0.25) is 14.9 Å². The van der Waals surface area contributed by atoms with E-state index in [4.69, 9.17) is 5.73 Å². The van der Waals surface area contributed by atoms with Crippen molar-refractivity contribution in [1.82, 2.24) is 5.32 Å². The van der Waals surface area contributed by atoms with Crippen molar-refractivity contribution in [2.75, 3.05) is 31.6 Å². The number of nitrogens with one attached hydrogen (secondary N) is 1. The van der Waals surface area contributed by atoms with Crippen LogP contribution in [0.25, 0.3) is 0 Å². The van der Waals surface area contributed by atoms with E-state index in [1.807, 2.05) is 11.9 Å². The van der Waals surface area contributed by atoms with E-state index in [1.165, 1.54) is 12.1 Å². The van der Waals surface area contributed by atoms with Crippen molar-refractivity contribution < 1.29 is 9.72 Å². The second kappa shape index (κ2) is 5.87. The molecule has 0 spiro atoms. The van der Waals surface area contributed by atoms with E-state index in [0.717, 1.165) is 26.1 Å². The van der Waals surface area contributed by atoms with Gasteiger partial charge in [-0.15, -0.1) is 0 Å². The molecular weight excluding hydrogens is 260 g/mol. The van der Waals surface area contributed by atoms with Gasteiger partial charge >= 0.3 is 0 Å². The second-order valence-corrected chi connectivity index (χ2v) is 4.98. The lowest BCUT2D eigenvalue weighted by Gasteiger charge is -2.19. The van der Waals surface area contributed by atoms with Crippen LogP contribution in [0.3, 0.4) is 0 Å². The van der Waals surface area contributed by atoms with E-state index in [-0.39, 0.29) is 11.3 Å². The van der Waals surface area contributed by atoms with Gasteiger partial charge in [0.05, 0.1) is 4.92 Å². The normalized spacial score (nSPS) is 18.2. The zero-order valence-corrected chi connectivity index (χ0v) is 11.3. The molecule has 1 fully saturated rings. The summed E-state index contributed by atoms with van der Waals surface area (Å²) in [5.74, 6) is -0.176. The van der Waals surface area contributed by atoms with Gasteiger partial charge in [-0.25, -0.2) is 0 Å². The number of primary amides is 1. The highest BCUT2D eigenvalue weighted by atomic mass is 16.6. The number of nitrogens with two attached hydrogens (primary N) is 1. The first-order valence-corrected chi connectivity index (χ1v) is 6.50. The Morgan fingerprint density at radius 1 is 1.60 bits per heavy atom. The summed E-state index contributed by atoms with van der Waals surface area (Å²) in [5, 5.41) is 14.3. The average molecular weight is 278 g/mol. The fraction of sp³-hybridized carbons (Fsp3) is 0.462. The minimum Gasteiger partial charge on any atom is -0.366 e. The Balaban J connectivity index is 2.28. The Bertz CT molecular complexity index is 532. The number of benzene rings is 1. The molecule has 1 heterocycles. The van der Waals surface area contributed by atoms with Crippen LogP contribution in [0.2, 0.25) is 0 Å². The molecule has 1 unspecified atom stereocenters. The van der Waals surface area contributed by atoms with Crippen LogP contribution in [0.5, 0.6) is 0 Å². The summed E-state index contributed by atoms with van der Waals surface area (Å²) >= 11 is 0. The SMILES string of the molecule is CNCC1CCN(c2ccc(C(N)=O)cc2[N+](=O)[O-])C1. The van der Waals surface area contributed by atoms with Crippen molar-refractivity contribution in [3.05, 3.63) is 33.9 Å². The van der Waals surface area contributed by atoms with Gasteiger partial charge in [0.2, 0.25) is 5.91 Å². The Morgan fingerprint density at radius 2 is 2.35 bits per heavy atom. The van der Waals surface area contributed by atoms with Gasteiger partial charge in [0, 0.05) is 24.7 Å². The minimum absolute atomic E-state index is 0.0635. The summed E-state index contributed by atoms with van der Waals surface area (Å²) in [6.07, 6.45) is 0.996. The predicted octanol–water partition coefficient (Wildman–Crippen LogP) is 0.739. The van der Waals surface area contributed by atoms with Crippen LogP contribution in [0, 0.1) is 16.0 Å². The fourth-order valence-corrected chi connectivity index (χ4v) is 2.60. The van der Waals surface area contributed by atoms with E-state index >= 15 is 0 Å². The van der Waals surface area contributed by atoms with Gasteiger partial charge in [-0.2, -0.15) is 0 Å². The summed E-state index contributed by atoms with van der Waals surface area (Å²) in [5.41, 5.74) is 5.81. The molecule has 1 amide bonds. The van der Waals surface area contributed by atoms with Gasteiger partial charge in [-0.1, -0.05) is 0 Å². The van der Waals surface area contributed by atoms with E-state index in [1.54, 1.807) is 6.07 Å². The smallest absolute Gasteiger partial charge is 0.293 e. The largest absolute Gasteiger partial charge is 0.366 e. The number of hydrogen-bond acceptors (Lipinski definition) is 5. The molecule has 0 bridgehead atoms. The number of anilines is 1. The Morgan fingerprint density at radius 3 is 2.95 bits per heavy atom. The quantitative estimate of drug-likeness (QED) is 0.611. The molecule has 2 rings (SSSR count). The first kappa shape index (κ1) is 14.3. The maximum atomic E-state index is 11.2. The molecule has 1 aromatic rings. The number of carbonyl (C=O) groups is 1. The van der Waals surface area contributed by atoms with Crippen LogP contribution < -0.4 is 16.0 Å². The number of nitro benzene ring substituents is 1. The number of nitrogens with zero attached hydrogens (tertiary/aromatic N) is 2. The summed E-state index contributed by atoms with van der Waals surface area (Å²) < 4.78 is 0. The molecular formula is C13H18N4O3. The third kappa shape index (κ3) is 2.88. The molecule has 1 aromatic carbocycles. The molecule has 7 nitrogen and oxygen atoms in total. The molecule has 0 aliphatic carbocycles. The van der Waals surface area contributed by atoms with Crippen molar-refractivity contribution in [3.8, 4) is 0 Å². The summed E-state index contributed by atoms with van der Waals surface area (Å²) in [6.45, 7) is 2.45. The van der Waals surface area contributed by atoms with Crippen LogP contribution in [0.1, 0.15) is 16.8 Å². The number of rotatable bonds is 5. The zero-order valence-electron chi connectivity index (χ0n) is 11.3. The second-order valence-electron chi connectivity index (χ2n) is 4.98. The van der Waals surface area contributed by atoms with E-state index < -0.39 is 10.8 Å². The molecule has 1 atom stereocenters. The monoisotopic (exact) mass is 278 g/mol. The summed E-state index contributed by atoms with van der Waals surface area (Å²) in [7, 11) is 1.90. The maximum Gasteiger partial charge on any atom is 0.293 e. The highest BCUT2D eigenvalue weighted by Crippen LogP contribution is 2.32. The molecule has 1 saturated heterocycles. The first-order valence-electron chi connectivity index (χ1n) is 6.50. The van der Waals surface area contributed by atoms with Gasteiger partial charge in [0.25, 0.3) is 5.69 Å².